The van der Waals surface area contributed by atoms with Gasteiger partial charge in [-0.25, -0.2) is 0 Å². The van der Waals surface area contributed by atoms with Crippen molar-refractivity contribution in [2.75, 3.05) is 55.4 Å². The van der Waals surface area contributed by atoms with Crippen LogP contribution in [-0.4, -0.2) is 209 Å². The first-order valence-corrected chi connectivity index (χ1v) is 31.0. The smallest absolute Gasteiger partial charge is 0.246 e. The minimum atomic E-state index is -1.50. The summed E-state index contributed by atoms with van der Waals surface area (Å²) < 4.78 is 0. The zero-order chi connectivity index (χ0) is 66.2. The van der Waals surface area contributed by atoms with E-state index in [9.17, 15) is 48.3 Å². The number of nitrogens with one attached hydrogen (secondary N) is 4. The van der Waals surface area contributed by atoms with Crippen molar-refractivity contribution in [3.05, 3.63) is 12.2 Å². The maximum absolute atomic E-state index is 15.1. The van der Waals surface area contributed by atoms with E-state index in [1.165, 1.54) is 37.9 Å². The molecule has 2 unspecified atom stereocenters. The molecule has 22 heteroatoms. The first kappa shape index (κ1) is 79.4. The van der Waals surface area contributed by atoms with Crippen LogP contribution in [0.25, 0.3) is 0 Å². The van der Waals surface area contributed by atoms with Gasteiger partial charge in [-0.15, -0.1) is 0 Å². The van der Waals surface area contributed by atoms with E-state index in [1.807, 2.05) is 100 Å². The van der Waals surface area contributed by atoms with Crippen LogP contribution < -0.4 is 27.0 Å². The predicted molar refractivity (Wildman–Crippen MR) is 335 cm³/mol. The predicted octanol–water partition coefficient (Wildman–Crippen LogP) is 4.41. The van der Waals surface area contributed by atoms with E-state index in [4.69, 9.17) is 5.73 Å². The maximum atomic E-state index is 15.1. The maximum Gasteiger partial charge on any atom is 0.246 e. The number of hydrogen-bond acceptors (Lipinski definition) is 12. The molecule has 0 aliphatic carbocycles. The van der Waals surface area contributed by atoms with Gasteiger partial charge in [-0.1, -0.05) is 116 Å². The first-order chi connectivity index (χ1) is 39.2. The number of hydrogen-bond donors (Lipinski definition) is 6. The molecule has 22 nitrogen and oxygen atoms in total. The zero-order valence-electron chi connectivity index (χ0n) is 56.7. The van der Waals surface area contributed by atoms with Gasteiger partial charge in [-0.2, -0.15) is 0 Å². The lowest BCUT2D eigenvalue weighted by molar-refractivity contribution is -0.155. The third kappa shape index (κ3) is 25.3. The highest BCUT2D eigenvalue weighted by molar-refractivity contribution is 5.97. The fourth-order valence-corrected chi connectivity index (χ4v) is 10.8. The average Bonchev–Trinajstić information content (AvgIpc) is 3.62. The highest BCUT2D eigenvalue weighted by Crippen LogP contribution is 2.25. The first-order valence-electron chi connectivity index (χ1n) is 31.0. The summed E-state index contributed by atoms with van der Waals surface area (Å²) in [5, 5.41) is 23.1. The third-order valence-electron chi connectivity index (χ3n) is 15.9. The Kier molecular flexibility index (Phi) is 35.3. The standard InChI is InChI=1S/C63H117N11O11/c1-25-28-29-42(16)54(76)53(58(80)67-47(27-3)60(82)70(20)35-50(64)75)74(24)63(85)52(41(14)15)73(23)61(83)49(33-39(10)11)69(19)34-46(31-37(6)7)71(21)59(81)44(18)66-55(77)43(17)65-57(79)48(32-38(8)9)72(22)62(84)51(40(12)13)68-56(78)45(26-2)30-36(4)5/h25,28,36-49,51-54,76H,26-27,29-35H2,1-24H3,(H2,64,75)(H,65,79)(H,66,77)(H,67,80)(H,68,78)/b28-25+/t42-,43+,44-,45+,46+,47+,48+,49+,51?,52+,53?,54-/m1/s1. The van der Waals surface area contributed by atoms with Crippen LogP contribution in [0.15, 0.2) is 12.2 Å². The van der Waals surface area contributed by atoms with Gasteiger partial charge in [-0.05, 0) is 114 Å². The van der Waals surface area contributed by atoms with E-state index in [-0.39, 0.29) is 73.3 Å². The summed E-state index contributed by atoms with van der Waals surface area (Å²) in [7, 11) is 9.29. The van der Waals surface area contributed by atoms with Crippen LogP contribution in [-0.2, 0) is 47.9 Å². The zero-order valence-corrected chi connectivity index (χ0v) is 56.7. The van der Waals surface area contributed by atoms with Crippen LogP contribution in [0.1, 0.15) is 170 Å². The quantitative estimate of drug-likeness (QED) is 0.0469. The second-order valence-corrected chi connectivity index (χ2v) is 26.3. The summed E-state index contributed by atoms with van der Waals surface area (Å²) in [5.74, 6) is -6.58. The molecule has 0 saturated heterocycles. The van der Waals surface area contributed by atoms with Crippen molar-refractivity contribution < 1.29 is 53.1 Å². The summed E-state index contributed by atoms with van der Waals surface area (Å²) in [6.45, 7) is 33.2. The van der Waals surface area contributed by atoms with Gasteiger partial charge >= 0.3 is 0 Å². The number of carbonyl (C=O) groups is 10. The van der Waals surface area contributed by atoms with Crippen molar-refractivity contribution in [3.8, 4) is 0 Å². The fraction of sp³-hybridized carbons (Fsp3) is 0.810. The Morgan fingerprint density at radius 1 is 0.494 bits per heavy atom. The minimum absolute atomic E-state index is 0.00122. The number of likely N-dealkylation sites (N-methyl/N-ethyl adjacent to an activating group) is 6. The van der Waals surface area contributed by atoms with Gasteiger partial charge in [0.1, 0.15) is 42.3 Å². The van der Waals surface area contributed by atoms with Crippen molar-refractivity contribution in [3.63, 3.8) is 0 Å². The topological polar surface area (TPSA) is 285 Å². The van der Waals surface area contributed by atoms with Crippen LogP contribution in [0.3, 0.4) is 0 Å². The number of primary amides is 1. The van der Waals surface area contributed by atoms with Crippen LogP contribution in [0.2, 0.25) is 0 Å². The van der Waals surface area contributed by atoms with Crippen molar-refractivity contribution in [1.82, 2.24) is 50.7 Å². The lowest BCUT2D eigenvalue weighted by Gasteiger charge is -2.42. The van der Waals surface area contributed by atoms with E-state index in [1.54, 1.807) is 60.7 Å². The minimum Gasteiger partial charge on any atom is -0.390 e. The molecule has 490 valence electrons. The highest BCUT2D eigenvalue weighted by Gasteiger charge is 2.44. The number of carbonyl (C=O) groups excluding carboxylic acids is 10. The Morgan fingerprint density at radius 3 is 1.46 bits per heavy atom. The molecule has 0 radical (unpaired) electrons. The fourth-order valence-electron chi connectivity index (χ4n) is 10.8. The molecule has 0 aromatic carbocycles. The van der Waals surface area contributed by atoms with Crippen LogP contribution >= 0.6 is 0 Å². The number of nitrogens with two attached hydrogens (primary N) is 1. The van der Waals surface area contributed by atoms with E-state index < -0.39 is 120 Å². The van der Waals surface area contributed by atoms with Gasteiger partial charge in [0.15, 0.2) is 0 Å². The molecule has 0 heterocycles. The van der Waals surface area contributed by atoms with Gasteiger partial charge in [0, 0.05) is 53.7 Å². The number of allylic oxidation sites excluding steroid dienone is 2. The monoisotopic (exact) mass is 1200 g/mol. The van der Waals surface area contributed by atoms with Gasteiger partial charge in [0.25, 0.3) is 0 Å². The molecular weight excluding hydrogens is 1090 g/mol. The molecule has 10 amide bonds. The molecule has 0 fully saturated rings. The molecule has 0 aliphatic rings. The second-order valence-electron chi connectivity index (χ2n) is 26.3. The Bertz CT molecular complexity index is 2200. The third-order valence-corrected chi connectivity index (χ3v) is 15.9. The molecule has 7 N–H and O–H groups in total. The molecule has 12 atom stereocenters. The van der Waals surface area contributed by atoms with Crippen molar-refractivity contribution in [2.45, 2.75) is 230 Å². The Labute approximate surface area is 511 Å². The van der Waals surface area contributed by atoms with Crippen LogP contribution in [0.4, 0.5) is 0 Å². The molecule has 0 spiro atoms. The second kappa shape index (κ2) is 37.8. The summed E-state index contributed by atoms with van der Waals surface area (Å²) in [6.07, 6.45) is 5.18. The Morgan fingerprint density at radius 2 is 1.00 bits per heavy atom. The normalized spacial score (nSPS) is 16.2. The molecule has 0 rings (SSSR count). The molecule has 0 saturated carbocycles. The SMILES string of the molecule is C/C=C/C[C@@H](C)[C@@H](O)C(C(=O)N[C@@H](CC)C(=O)N(C)CC(N)=O)N(C)C(=O)[C@H](C(C)C)N(C)C(=O)[C@H](CC(C)C)N(C)C[C@H](CC(C)C)N(C)C(=O)[C@@H](C)NC(=O)[C@H](C)NC(=O)[C@H](CC(C)C)N(C)C(=O)C(NC(=O)[C@@H](CC)CC(C)C)C(C)C. The van der Waals surface area contributed by atoms with E-state index in [0.717, 1.165) is 9.80 Å². The van der Waals surface area contributed by atoms with E-state index in [2.05, 4.69) is 21.3 Å². The van der Waals surface area contributed by atoms with E-state index >= 15 is 4.79 Å². The molecule has 0 aromatic heterocycles. The molecule has 85 heavy (non-hydrogen) atoms. The van der Waals surface area contributed by atoms with Gasteiger partial charge in [0.2, 0.25) is 59.1 Å². The van der Waals surface area contributed by atoms with Crippen molar-refractivity contribution >= 4 is 59.1 Å². The van der Waals surface area contributed by atoms with Crippen molar-refractivity contribution in [2.24, 2.45) is 53.1 Å². The Balaban J connectivity index is 6.83. The number of nitrogens with zero attached hydrogens (tertiary/aromatic N) is 6. The average molecular weight is 1200 g/mol. The molecule has 0 aliphatic heterocycles. The number of amides is 10. The van der Waals surface area contributed by atoms with Crippen LogP contribution in [0, 0.1) is 47.3 Å². The molecule has 0 bridgehead atoms. The van der Waals surface area contributed by atoms with Gasteiger partial charge in [0.05, 0.1) is 18.7 Å². The summed E-state index contributed by atoms with van der Waals surface area (Å²) >= 11 is 0. The number of rotatable bonds is 38. The summed E-state index contributed by atoms with van der Waals surface area (Å²) in [5.41, 5.74) is 5.34. The highest BCUT2D eigenvalue weighted by atomic mass is 16.3. The lowest BCUT2D eigenvalue weighted by atomic mass is 9.91. The lowest BCUT2D eigenvalue weighted by Crippen LogP contribution is -2.63. The van der Waals surface area contributed by atoms with Gasteiger partial charge < -0.3 is 56.6 Å². The van der Waals surface area contributed by atoms with Crippen molar-refractivity contribution in [1.29, 1.82) is 0 Å². The summed E-state index contributed by atoms with van der Waals surface area (Å²) in [4.78, 5) is 148. The van der Waals surface area contributed by atoms with E-state index in [0.29, 0.717) is 32.1 Å². The van der Waals surface area contributed by atoms with Crippen LogP contribution in [0.5, 0.6) is 0 Å². The summed E-state index contributed by atoms with van der Waals surface area (Å²) in [6, 6.07) is -9.02. The molecule has 0 aromatic rings. The largest absolute Gasteiger partial charge is 0.390 e. The Hall–Kier alpha value is -5.64. The number of aliphatic hydroxyl groups excluding tert-OH is 1. The molecular formula is C63H117N11O11. The number of aliphatic hydroxyl groups is 1. The van der Waals surface area contributed by atoms with Gasteiger partial charge in [-0.3, -0.25) is 52.8 Å².